The maximum absolute atomic E-state index is 12.2. The van der Waals surface area contributed by atoms with Crippen LogP contribution in [0.4, 0.5) is 5.69 Å². The lowest BCUT2D eigenvalue weighted by atomic mass is 10.1. The van der Waals surface area contributed by atoms with Crippen molar-refractivity contribution in [2.24, 2.45) is 0 Å². The van der Waals surface area contributed by atoms with E-state index in [-0.39, 0.29) is 12.3 Å². The van der Waals surface area contributed by atoms with Gasteiger partial charge < -0.3 is 15.2 Å². The summed E-state index contributed by atoms with van der Waals surface area (Å²) in [7, 11) is 1.59. The molecule has 1 aromatic carbocycles. The van der Waals surface area contributed by atoms with E-state index < -0.39 is 11.5 Å². The Balaban J connectivity index is 2.06. The van der Waals surface area contributed by atoms with E-state index in [0.717, 1.165) is 16.9 Å². The topological polar surface area (TPSA) is 93.5 Å². The molecule has 0 spiro atoms. The summed E-state index contributed by atoms with van der Waals surface area (Å²) in [5.41, 5.74) is 1.09. The van der Waals surface area contributed by atoms with Crippen molar-refractivity contribution < 1.29 is 19.4 Å². The van der Waals surface area contributed by atoms with Gasteiger partial charge in [-0.25, -0.2) is 4.79 Å². The van der Waals surface area contributed by atoms with E-state index in [0.29, 0.717) is 5.69 Å². The molecule has 0 aliphatic heterocycles. The van der Waals surface area contributed by atoms with Crippen molar-refractivity contribution >= 4 is 17.6 Å². The normalized spacial score (nSPS) is 11.2. The van der Waals surface area contributed by atoms with E-state index in [2.05, 4.69) is 10.4 Å². The van der Waals surface area contributed by atoms with Crippen molar-refractivity contribution in [1.82, 2.24) is 9.78 Å². The van der Waals surface area contributed by atoms with Crippen molar-refractivity contribution in [1.29, 1.82) is 0 Å². The number of benzene rings is 1. The maximum Gasteiger partial charge on any atom is 0.331 e. The first-order chi connectivity index (χ1) is 11.2. The molecule has 0 radical (unpaired) electrons. The smallest absolute Gasteiger partial charge is 0.331 e. The van der Waals surface area contributed by atoms with Gasteiger partial charge in [0.05, 0.1) is 25.4 Å². The highest BCUT2D eigenvalue weighted by molar-refractivity contribution is 5.92. The second-order valence-corrected chi connectivity index (χ2v) is 6.07. The Hall–Kier alpha value is -2.83. The van der Waals surface area contributed by atoms with Gasteiger partial charge in [0.15, 0.2) is 5.54 Å². The molecule has 2 rings (SSSR count). The molecule has 1 amide bonds. The summed E-state index contributed by atoms with van der Waals surface area (Å²) in [6, 6.07) is 5.59. The molecule has 128 valence electrons. The summed E-state index contributed by atoms with van der Waals surface area (Å²) < 4.78 is 6.55. The summed E-state index contributed by atoms with van der Waals surface area (Å²) >= 11 is 0. The van der Waals surface area contributed by atoms with Crippen LogP contribution in [0.15, 0.2) is 30.6 Å². The Labute approximate surface area is 140 Å². The molecule has 0 unspecified atom stereocenters. The molecule has 24 heavy (non-hydrogen) atoms. The second-order valence-electron chi connectivity index (χ2n) is 6.07. The third-order valence-corrected chi connectivity index (χ3v) is 3.80. The van der Waals surface area contributed by atoms with Gasteiger partial charge >= 0.3 is 5.97 Å². The Bertz CT molecular complexity index is 765. The molecule has 0 bridgehead atoms. The predicted octanol–water partition coefficient (Wildman–Crippen LogP) is 2.20. The Morgan fingerprint density at radius 3 is 2.71 bits per heavy atom. The Kier molecular flexibility index (Phi) is 4.92. The molecule has 0 saturated heterocycles. The highest BCUT2D eigenvalue weighted by atomic mass is 16.5. The number of rotatable bonds is 6. The molecule has 0 atom stereocenters. The fraction of sp³-hybridized carbons (Fsp3) is 0.353. The summed E-state index contributed by atoms with van der Waals surface area (Å²) in [6.07, 6.45) is 3.12. The van der Waals surface area contributed by atoms with Gasteiger partial charge in [-0.3, -0.25) is 9.48 Å². The van der Waals surface area contributed by atoms with Crippen LogP contribution in [0.5, 0.6) is 5.75 Å². The highest BCUT2D eigenvalue weighted by Gasteiger charge is 2.30. The van der Waals surface area contributed by atoms with Crippen LogP contribution >= 0.6 is 0 Å². The van der Waals surface area contributed by atoms with E-state index >= 15 is 0 Å². The molecule has 2 aromatic rings. The van der Waals surface area contributed by atoms with Gasteiger partial charge in [-0.05, 0) is 38.0 Å². The molecule has 1 heterocycles. The lowest BCUT2D eigenvalue weighted by Crippen LogP contribution is -2.35. The SMILES string of the molecule is COc1cc(CC(=O)Nc2cnn(C(C)(C)C(=O)O)c2)ccc1C. The number of carboxylic acid groups (broad SMARTS) is 1. The first kappa shape index (κ1) is 17.5. The third kappa shape index (κ3) is 3.73. The fourth-order valence-corrected chi connectivity index (χ4v) is 2.16. The third-order valence-electron chi connectivity index (χ3n) is 3.80. The number of amides is 1. The minimum atomic E-state index is -1.19. The summed E-state index contributed by atoms with van der Waals surface area (Å²) in [4.78, 5) is 23.4. The molecule has 1 aromatic heterocycles. The standard InChI is InChI=1S/C17H21N3O4/c1-11-5-6-12(7-14(11)24-4)8-15(21)19-13-9-18-20(10-13)17(2,3)16(22)23/h5-7,9-10H,8H2,1-4H3,(H,19,21)(H,22,23). The zero-order valence-corrected chi connectivity index (χ0v) is 14.2. The Morgan fingerprint density at radius 2 is 2.08 bits per heavy atom. The summed E-state index contributed by atoms with van der Waals surface area (Å²) in [5, 5.41) is 15.9. The molecular weight excluding hydrogens is 310 g/mol. The van der Waals surface area contributed by atoms with Crippen LogP contribution in [0.2, 0.25) is 0 Å². The van der Waals surface area contributed by atoms with E-state index in [1.54, 1.807) is 7.11 Å². The number of carbonyl (C=O) groups is 2. The molecule has 7 nitrogen and oxygen atoms in total. The van der Waals surface area contributed by atoms with Crippen molar-refractivity contribution in [2.45, 2.75) is 32.7 Å². The molecule has 2 N–H and O–H groups in total. The number of methoxy groups -OCH3 is 1. The van der Waals surface area contributed by atoms with E-state index in [9.17, 15) is 14.7 Å². The number of hydrogen-bond acceptors (Lipinski definition) is 4. The maximum atomic E-state index is 12.2. The summed E-state index contributed by atoms with van der Waals surface area (Å²) in [6.45, 7) is 5.00. The van der Waals surface area contributed by atoms with Crippen LogP contribution in [0.1, 0.15) is 25.0 Å². The zero-order chi connectivity index (χ0) is 17.9. The highest BCUT2D eigenvalue weighted by Crippen LogP contribution is 2.20. The number of nitrogens with one attached hydrogen (secondary N) is 1. The number of carbonyl (C=O) groups excluding carboxylic acids is 1. The van der Waals surface area contributed by atoms with Crippen molar-refractivity contribution in [3.05, 3.63) is 41.7 Å². The molecule has 0 aliphatic carbocycles. The number of ether oxygens (including phenoxy) is 1. The van der Waals surface area contributed by atoms with Crippen molar-refractivity contribution in [2.75, 3.05) is 12.4 Å². The lowest BCUT2D eigenvalue weighted by molar-refractivity contribution is -0.146. The van der Waals surface area contributed by atoms with Gasteiger partial charge in [0, 0.05) is 6.20 Å². The number of hydrogen-bond donors (Lipinski definition) is 2. The molecule has 0 aliphatic rings. The zero-order valence-electron chi connectivity index (χ0n) is 14.2. The van der Waals surface area contributed by atoms with Crippen LogP contribution in [0.3, 0.4) is 0 Å². The molecule has 0 saturated carbocycles. The van der Waals surface area contributed by atoms with Gasteiger partial charge in [0.1, 0.15) is 5.75 Å². The quantitative estimate of drug-likeness (QED) is 0.846. The lowest BCUT2D eigenvalue weighted by Gasteiger charge is -2.19. The summed E-state index contributed by atoms with van der Waals surface area (Å²) in [5.74, 6) is -0.486. The van der Waals surface area contributed by atoms with Crippen LogP contribution in [-0.4, -0.2) is 33.9 Å². The van der Waals surface area contributed by atoms with Crippen LogP contribution < -0.4 is 10.1 Å². The number of aliphatic carboxylic acids is 1. The fourth-order valence-electron chi connectivity index (χ4n) is 2.16. The van der Waals surface area contributed by atoms with Crippen LogP contribution in [0, 0.1) is 6.92 Å². The average Bonchev–Trinajstić information content (AvgIpc) is 2.98. The predicted molar refractivity (Wildman–Crippen MR) is 89.2 cm³/mol. The van der Waals surface area contributed by atoms with E-state index in [4.69, 9.17) is 4.74 Å². The second kappa shape index (κ2) is 6.74. The number of aryl methyl sites for hydroxylation is 1. The van der Waals surface area contributed by atoms with Crippen LogP contribution in [-0.2, 0) is 21.5 Å². The largest absolute Gasteiger partial charge is 0.496 e. The Morgan fingerprint density at radius 1 is 1.38 bits per heavy atom. The molecule has 7 heteroatoms. The average molecular weight is 331 g/mol. The van der Waals surface area contributed by atoms with Crippen LogP contribution in [0.25, 0.3) is 0 Å². The molecule has 0 fully saturated rings. The minimum Gasteiger partial charge on any atom is -0.496 e. The van der Waals surface area contributed by atoms with Gasteiger partial charge in [-0.2, -0.15) is 5.10 Å². The first-order valence-corrected chi connectivity index (χ1v) is 7.46. The number of nitrogens with zero attached hydrogens (tertiary/aromatic N) is 2. The number of carboxylic acids is 1. The molecular formula is C17H21N3O4. The first-order valence-electron chi connectivity index (χ1n) is 7.46. The monoisotopic (exact) mass is 331 g/mol. The minimum absolute atomic E-state index is 0.185. The van der Waals surface area contributed by atoms with Gasteiger partial charge in [0.25, 0.3) is 0 Å². The van der Waals surface area contributed by atoms with Gasteiger partial charge in [-0.1, -0.05) is 12.1 Å². The van der Waals surface area contributed by atoms with E-state index in [1.165, 1.54) is 30.9 Å². The number of anilines is 1. The van der Waals surface area contributed by atoms with Crippen molar-refractivity contribution in [3.63, 3.8) is 0 Å². The van der Waals surface area contributed by atoms with Crippen molar-refractivity contribution in [3.8, 4) is 5.75 Å². The van der Waals surface area contributed by atoms with E-state index in [1.807, 2.05) is 25.1 Å². The number of aromatic nitrogens is 2. The van der Waals surface area contributed by atoms with Gasteiger partial charge in [-0.15, -0.1) is 0 Å². The van der Waals surface area contributed by atoms with Gasteiger partial charge in [0.2, 0.25) is 5.91 Å².